The van der Waals surface area contributed by atoms with E-state index in [9.17, 15) is 14.4 Å². The standard InChI is InChI=1S/C65H126O6/c1-5-7-9-11-13-15-17-19-21-23-24-26-27-32-36-40-44-48-52-56-63(66)69-59-62(71-65(68)58-54-50-46-42-38-34-28-25-22-20-18-16-14-12-10-8-6-2)60-70-64(67)57-53-49-45-41-37-33-30-29-31-35-39-43-47-51-55-61(3)4/h61-62H,5-60H2,1-4H3/t62-/m1/s1. The van der Waals surface area contributed by atoms with Gasteiger partial charge in [-0.25, -0.2) is 0 Å². The quantitative estimate of drug-likeness (QED) is 0.0343. The topological polar surface area (TPSA) is 78.9 Å². The maximum atomic E-state index is 12.9. The van der Waals surface area contributed by atoms with Gasteiger partial charge in [-0.3, -0.25) is 14.4 Å². The Bertz CT molecular complexity index is 1070. The van der Waals surface area contributed by atoms with Crippen LogP contribution in [0.3, 0.4) is 0 Å². The molecule has 0 heterocycles. The fourth-order valence-electron chi connectivity index (χ4n) is 10.2. The molecule has 0 aromatic carbocycles. The van der Waals surface area contributed by atoms with Gasteiger partial charge in [-0.15, -0.1) is 0 Å². The molecule has 6 nitrogen and oxygen atoms in total. The molecule has 6 heteroatoms. The Labute approximate surface area is 444 Å². The highest BCUT2D eigenvalue weighted by Crippen LogP contribution is 2.19. The highest BCUT2D eigenvalue weighted by atomic mass is 16.6. The third kappa shape index (κ3) is 59.2. The lowest BCUT2D eigenvalue weighted by Crippen LogP contribution is -2.30. The predicted molar refractivity (Wildman–Crippen MR) is 307 cm³/mol. The molecule has 71 heavy (non-hydrogen) atoms. The molecule has 0 spiro atoms. The maximum absolute atomic E-state index is 12.9. The first kappa shape index (κ1) is 69.4. The summed E-state index contributed by atoms with van der Waals surface area (Å²) in [5.74, 6) is 0.0183. The van der Waals surface area contributed by atoms with Gasteiger partial charge in [0, 0.05) is 19.3 Å². The number of carbonyl (C=O) groups is 3. The van der Waals surface area contributed by atoms with E-state index in [4.69, 9.17) is 14.2 Å². The van der Waals surface area contributed by atoms with Gasteiger partial charge in [-0.05, 0) is 25.2 Å². The fourth-order valence-corrected chi connectivity index (χ4v) is 10.2. The SMILES string of the molecule is CCCCCCCCCCCCCCCCCCCCCC(=O)OC[C@H](COC(=O)CCCCCCCCCCCCCCCCC(C)C)OC(=O)CCCCCCCCCCCCCCCCCCC. The Morgan fingerprint density at radius 3 is 0.690 bits per heavy atom. The molecular formula is C65H126O6. The second-order valence-electron chi connectivity index (χ2n) is 22.9. The third-order valence-corrected chi connectivity index (χ3v) is 15.0. The van der Waals surface area contributed by atoms with Crippen LogP contribution in [-0.2, 0) is 28.6 Å². The maximum Gasteiger partial charge on any atom is 0.306 e. The summed E-state index contributed by atoms with van der Waals surface area (Å²) in [5, 5.41) is 0. The molecule has 1 atom stereocenters. The summed E-state index contributed by atoms with van der Waals surface area (Å²) in [6.07, 6.45) is 66.8. The van der Waals surface area contributed by atoms with Gasteiger partial charge in [0.25, 0.3) is 0 Å². The lowest BCUT2D eigenvalue weighted by molar-refractivity contribution is -0.167. The van der Waals surface area contributed by atoms with Crippen LogP contribution in [0.25, 0.3) is 0 Å². The van der Waals surface area contributed by atoms with Crippen LogP contribution in [0.2, 0.25) is 0 Å². The number of hydrogen-bond acceptors (Lipinski definition) is 6. The molecule has 0 aliphatic carbocycles. The number of hydrogen-bond donors (Lipinski definition) is 0. The molecule has 0 fully saturated rings. The van der Waals surface area contributed by atoms with Crippen LogP contribution in [0.1, 0.15) is 374 Å². The Hall–Kier alpha value is -1.59. The Morgan fingerprint density at radius 1 is 0.268 bits per heavy atom. The van der Waals surface area contributed by atoms with E-state index < -0.39 is 6.10 Å². The summed E-state index contributed by atoms with van der Waals surface area (Å²) in [4.78, 5) is 38.3. The van der Waals surface area contributed by atoms with Crippen LogP contribution in [0.5, 0.6) is 0 Å². The third-order valence-electron chi connectivity index (χ3n) is 15.0. The van der Waals surface area contributed by atoms with Crippen molar-refractivity contribution in [1.29, 1.82) is 0 Å². The van der Waals surface area contributed by atoms with Crippen molar-refractivity contribution in [2.75, 3.05) is 13.2 Å². The van der Waals surface area contributed by atoms with E-state index in [1.54, 1.807) is 0 Å². The normalized spacial score (nSPS) is 12.0. The van der Waals surface area contributed by atoms with Gasteiger partial charge in [0.1, 0.15) is 13.2 Å². The van der Waals surface area contributed by atoms with E-state index in [1.807, 2.05) is 0 Å². The average molecular weight is 1000 g/mol. The van der Waals surface area contributed by atoms with Crippen LogP contribution < -0.4 is 0 Å². The Kier molecular flexibility index (Phi) is 58.0. The number of ether oxygens (including phenoxy) is 3. The molecule has 0 aromatic rings. The summed E-state index contributed by atoms with van der Waals surface area (Å²) in [7, 11) is 0. The second kappa shape index (κ2) is 59.3. The van der Waals surface area contributed by atoms with Crippen molar-refractivity contribution in [2.24, 2.45) is 5.92 Å². The van der Waals surface area contributed by atoms with Crippen molar-refractivity contribution < 1.29 is 28.6 Å². The van der Waals surface area contributed by atoms with Gasteiger partial charge >= 0.3 is 17.9 Å². The molecule has 0 saturated carbocycles. The molecule has 0 saturated heterocycles. The predicted octanol–water partition coefficient (Wildman–Crippen LogP) is 21.7. The van der Waals surface area contributed by atoms with E-state index in [0.717, 1.165) is 63.7 Å². The van der Waals surface area contributed by atoms with E-state index in [0.29, 0.717) is 19.3 Å². The smallest absolute Gasteiger partial charge is 0.306 e. The Balaban J connectivity index is 4.28. The number of unbranched alkanes of at least 4 members (excludes halogenated alkanes) is 47. The summed E-state index contributed by atoms with van der Waals surface area (Å²) in [5.41, 5.74) is 0. The molecule has 0 aromatic heterocycles. The molecule has 0 bridgehead atoms. The van der Waals surface area contributed by atoms with Crippen LogP contribution in [0, 0.1) is 5.92 Å². The lowest BCUT2D eigenvalue weighted by Gasteiger charge is -2.18. The highest BCUT2D eigenvalue weighted by Gasteiger charge is 2.19. The van der Waals surface area contributed by atoms with Gasteiger partial charge in [0.05, 0.1) is 0 Å². The molecule has 0 rings (SSSR count). The van der Waals surface area contributed by atoms with Crippen LogP contribution >= 0.6 is 0 Å². The van der Waals surface area contributed by atoms with Gasteiger partial charge < -0.3 is 14.2 Å². The molecule has 0 amide bonds. The Morgan fingerprint density at radius 2 is 0.465 bits per heavy atom. The van der Waals surface area contributed by atoms with Gasteiger partial charge in [0.2, 0.25) is 0 Å². The first-order valence-electron chi connectivity index (χ1n) is 32.4. The van der Waals surface area contributed by atoms with Crippen molar-refractivity contribution in [3.05, 3.63) is 0 Å². The summed E-state index contributed by atoms with van der Waals surface area (Å²) in [6.45, 7) is 9.10. The highest BCUT2D eigenvalue weighted by molar-refractivity contribution is 5.71. The zero-order chi connectivity index (χ0) is 51.6. The molecule has 0 N–H and O–H groups in total. The minimum absolute atomic E-state index is 0.0610. The van der Waals surface area contributed by atoms with E-state index in [1.165, 1.54) is 270 Å². The van der Waals surface area contributed by atoms with Crippen LogP contribution in [0.15, 0.2) is 0 Å². The molecule has 0 unspecified atom stereocenters. The number of esters is 3. The average Bonchev–Trinajstić information content (AvgIpc) is 3.36. The zero-order valence-electron chi connectivity index (χ0n) is 48.7. The molecule has 422 valence electrons. The molecular weight excluding hydrogens is 877 g/mol. The summed E-state index contributed by atoms with van der Waals surface area (Å²) in [6, 6.07) is 0. The molecule has 0 aliphatic rings. The zero-order valence-corrected chi connectivity index (χ0v) is 48.7. The van der Waals surface area contributed by atoms with Gasteiger partial charge in [-0.1, -0.05) is 336 Å². The van der Waals surface area contributed by atoms with Gasteiger partial charge in [0.15, 0.2) is 6.10 Å². The number of rotatable bonds is 60. The van der Waals surface area contributed by atoms with Crippen LogP contribution in [-0.4, -0.2) is 37.2 Å². The van der Waals surface area contributed by atoms with Crippen molar-refractivity contribution in [3.8, 4) is 0 Å². The molecule has 0 radical (unpaired) electrons. The van der Waals surface area contributed by atoms with Crippen molar-refractivity contribution in [1.82, 2.24) is 0 Å². The van der Waals surface area contributed by atoms with Crippen molar-refractivity contribution in [3.63, 3.8) is 0 Å². The van der Waals surface area contributed by atoms with Gasteiger partial charge in [-0.2, -0.15) is 0 Å². The number of carbonyl (C=O) groups excluding carboxylic acids is 3. The largest absolute Gasteiger partial charge is 0.462 e. The van der Waals surface area contributed by atoms with E-state index in [2.05, 4.69) is 27.7 Å². The van der Waals surface area contributed by atoms with E-state index >= 15 is 0 Å². The van der Waals surface area contributed by atoms with Crippen molar-refractivity contribution >= 4 is 17.9 Å². The lowest BCUT2D eigenvalue weighted by atomic mass is 10.0. The van der Waals surface area contributed by atoms with E-state index in [-0.39, 0.29) is 31.1 Å². The first-order chi connectivity index (χ1) is 34.9. The minimum Gasteiger partial charge on any atom is -0.462 e. The van der Waals surface area contributed by atoms with Crippen LogP contribution in [0.4, 0.5) is 0 Å². The first-order valence-corrected chi connectivity index (χ1v) is 32.4. The van der Waals surface area contributed by atoms with Crippen molar-refractivity contribution in [2.45, 2.75) is 381 Å². The summed E-state index contributed by atoms with van der Waals surface area (Å²) >= 11 is 0. The second-order valence-corrected chi connectivity index (χ2v) is 22.9. The molecule has 0 aliphatic heterocycles. The monoisotopic (exact) mass is 1000 g/mol. The summed E-state index contributed by atoms with van der Waals surface area (Å²) < 4.78 is 17.0. The fraction of sp³-hybridized carbons (Fsp3) is 0.954. The minimum atomic E-state index is -0.763.